The molecule has 2 rings (SSSR count). The number of rotatable bonds is 6. The predicted molar refractivity (Wildman–Crippen MR) is 101 cm³/mol. The van der Waals surface area contributed by atoms with Crippen LogP contribution in [-0.4, -0.2) is 26.9 Å². The molecule has 0 aliphatic heterocycles. The number of pyridine rings is 2. The van der Waals surface area contributed by atoms with E-state index in [9.17, 15) is 0 Å². The number of nitrogens with zero attached hydrogens (tertiary/aromatic N) is 2. The molecule has 7 heteroatoms. The minimum absolute atomic E-state index is 0.875. The average Bonchev–Trinajstić information content (AvgIpc) is 2.35. The summed E-state index contributed by atoms with van der Waals surface area (Å²) >= 11 is 0. The number of nitrogens with one attached hydrogen (secondary N) is 2. The second kappa shape index (κ2) is 6.82. The Morgan fingerprint density at radius 1 is 0.783 bits per heavy atom. The van der Waals surface area contributed by atoms with E-state index in [4.69, 9.17) is 4.12 Å². The van der Waals surface area contributed by atoms with Gasteiger partial charge in [0.15, 0.2) is 0 Å². The summed E-state index contributed by atoms with van der Waals surface area (Å²) in [6.07, 6.45) is 3.64. The summed E-state index contributed by atoms with van der Waals surface area (Å²) in [5.41, 5.74) is 2.37. The number of aryl methyl sites for hydroxylation is 2. The van der Waals surface area contributed by atoms with Crippen LogP contribution in [0.2, 0.25) is 26.2 Å². The lowest BCUT2D eigenvalue weighted by Crippen LogP contribution is -2.54. The molecule has 0 fully saturated rings. The number of hydrogen-bond donors (Lipinski definition) is 2. The molecule has 0 radical (unpaired) electrons. The largest absolute Gasteiger partial charge is 0.424 e. The highest BCUT2D eigenvalue weighted by atomic mass is 28.4. The standard InChI is InChI=1S/C16H26N4OSi2/c1-13-7-9-17-15(11-13)19-22(3,4)21-23(5,6)20-16-12-14(2)8-10-18-16/h7-12H,1-6H3,(H,17,19)(H,18,20). The topological polar surface area (TPSA) is 59.1 Å². The highest BCUT2D eigenvalue weighted by Gasteiger charge is 2.35. The molecule has 0 aliphatic rings. The molecule has 0 saturated heterocycles. The molecule has 23 heavy (non-hydrogen) atoms. The highest BCUT2D eigenvalue weighted by molar-refractivity contribution is 6.87. The van der Waals surface area contributed by atoms with E-state index in [1.165, 1.54) is 11.1 Å². The maximum atomic E-state index is 6.49. The van der Waals surface area contributed by atoms with E-state index in [2.05, 4.69) is 60.0 Å². The zero-order chi connectivity index (χ0) is 17.1. The van der Waals surface area contributed by atoms with E-state index in [0.717, 1.165) is 11.6 Å². The van der Waals surface area contributed by atoms with Gasteiger partial charge in [0.05, 0.1) is 0 Å². The third-order valence-corrected chi connectivity index (χ3v) is 9.00. The molecule has 0 spiro atoms. The molecule has 0 amide bonds. The van der Waals surface area contributed by atoms with Crippen molar-refractivity contribution in [1.29, 1.82) is 0 Å². The number of aromatic nitrogens is 2. The monoisotopic (exact) mass is 346 g/mol. The molecule has 2 aromatic heterocycles. The van der Waals surface area contributed by atoms with Gasteiger partial charge in [-0.3, -0.25) is 0 Å². The second-order valence-electron chi connectivity index (χ2n) is 6.81. The lowest BCUT2D eigenvalue weighted by Gasteiger charge is -2.34. The lowest BCUT2D eigenvalue weighted by atomic mass is 10.3. The highest BCUT2D eigenvalue weighted by Crippen LogP contribution is 2.19. The molecule has 2 N–H and O–H groups in total. The molecule has 2 heterocycles. The minimum Gasteiger partial charge on any atom is -0.424 e. The Hall–Kier alpha value is -1.71. The fourth-order valence-corrected chi connectivity index (χ4v) is 9.53. The first-order valence-corrected chi connectivity index (χ1v) is 13.6. The average molecular weight is 347 g/mol. The summed E-state index contributed by atoms with van der Waals surface area (Å²) in [6.45, 7) is 12.7. The maximum Gasteiger partial charge on any atom is 0.283 e. The van der Waals surface area contributed by atoms with E-state index in [0.29, 0.717) is 0 Å². The zero-order valence-corrected chi connectivity index (χ0v) is 16.8. The van der Waals surface area contributed by atoms with Crippen LogP contribution in [0.5, 0.6) is 0 Å². The third kappa shape index (κ3) is 5.77. The van der Waals surface area contributed by atoms with Gasteiger partial charge in [-0.05, 0) is 75.4 Å². The van der Waals surface area contributed by atoms with E-state index < -0.39 is 17.0 Å². The Kier molecular flexibility index (Phi) is 5.23. The molecule has 0 aromatic carbocycles. The third-order valence-electron chi connectivity index (χ3n) is 3.20. The predicted octanol–water partition coefficient (Wildman–Crippen LogP) is 4.04. The Morgan fingerprint density at radius 3 is 1.52 bits per heavy atom. The van der Waals surface area contributed by atoms with E-state index in [-0.39, 0.29) is 0 Å². The molecule has 5 nitrogen and oxygen atoms in total. The summed E-state index contributed by atoms with van der Waals surface area (Å²) in [5, 5.41) is 0. The first-order chi connectivity index (χ1) is 10.7. The van der Waals surface area contributed by atoms with Gasteiger partial charge in [0, 0.05) is 12.4 Å². The first kappa shape index (κ1) is 17.6. The van der Waals surface area contributed by atoms with Crippen molar-refractivity contribution in [2.45, 2.75) is 40.0 Å². The van der Waals surface area contributed by atoms with Gasteiger partial charge in [-0.2, -0.15) is 0 Å². The maximum absolute atomic E-state index is 6.49. The molecule has 0 saturated carbocycles. The summed E-state index contributed by atoms with van der Waals surface area (Å²) in [7, 11) is -4.22. The quantitative estimate of drug-likeness (QED) is 0.773. The normalized spacial score (nSPS) is 12.1. The van der Waals surface area contributed by atoms with Crippen molar-refractivity contribution in [2.75, 3.05) is 9.96 Å². The Bertz CT molecular complexity index is 619. The van der Waals surface area contributed by atoms with Crippen LogP contribution in [0.3, 0.4) is 0 Å². The van der Waals surface area contributed by atoms with Gasteiger partial charge >= 0.3 is 0 Å². The SMILES string of the molecule is Cc1ccnc(N[Si](C)(C)O[Si](C)(C)Nc2cc(C)ccn2)c1. The van der Waals surface area contributed by atoms with Crippen LogP contribution >= 0.6 is 0 Å². The summed E-state index contributed by atoms with van der Waals surface area (Å²) in [5.74, 6) is 1.75. The van der Waals surface area contributed by atoms with Gasteiger partial charge in [-0.15, -0.1) is 0 Å². The van der Waals surface area contributed by atoms with E-state index >= 15 is 0 Å². The van der Waals surface area contributed by atoms with Gasteiger partial charge < -0.3 is 14.1 Å². The van der Waals surface area contributed by atoms with E-state index in [1.807, 2.05) is 36.7 Å². The number of anilines is 2. The van der Waals surface area contributed by atoms with Crippen LogP contribution in [0, 0.1) is 13.8 Å². The van der Waals surface area contributed by atoms with Gasteiger partial charge in [0.1, 0.15) is 11.6 Å². The van der Waals surface area contributed by atoms with E-state index in [1.54, 1.807) is 0 Å². The van der Waals surface area contributed by atoms with Crippen molar-refractivity contribution in [3.05, 3.63) is 47.8 Å². The Balaban J connectivity index is 2.05. The van der Waals surface area contributed by atoms with Crippen molar-refractivity contribution >= 4 is 28.6 Å². The summed E-state index contributed by atoms with van der Waals surface area (Å²) in [4.78, 5) is 15.7. The van der Waals surface area contributed by atoms with Crippen molar-refractivity contribution in [1.82, 2.24) is 9.97 Å². The molecular formula is C16H26N4OSi2. The van der Waals surface area contributed by atoms with Crippen LogP contribution in [0.1, 0.15) is 11.1 Å². The smallest absolute Gasteiger partial charge is 0.283 e. The van der Waals surface area contributed by atoms with Crippen molar-refractivity contribution in [3.63, 3.8) is 0 Å². The Morgan fingerprint density at radius 2 is 1.17 bits per heavy atom. The van der Waals surface area contributed by atoms with Crippen molar-refractivity contribution < 1.29 is 4.12 Å². The molecule has 124 valence electrons. The van der Waals surface area contributed by atoms with Gasteiger partial charge in [0.25, 0.3) is 17.0 Å². The van der Waals surface area contributed by atoms with Crippen molar-refractivity contribution in [2.24, 2.45) is 0 Å². The molecule has 2 aromatic rings. The van der Waals surface area contributed by atoms with Crippen LogP contribution in [0.4, 0.5) is 11.6 Å². The fourth-order valence-electron chi connectivity index (χ4n) is 2.51. The molecular weight excluding hydrogens is 320 g/mol. The van der Waals surface area contributed by atoms with Crippen LogP contribution in [0.25, 0.3) is 0 Å². The Labute approximate surface area is 140 Å². The van der Waals surface area contributed by atoms with Gasteiger partial charge in [-0.25, -0.2) is 9.97 Å². The zero-order valence-electron chi connectivity index (χ0n) is 14.8. The van der Waals surface area contributed by atoms with Gasteiger partial charge in [-0.1, -0.05) is 0 Å². The molecule has 0 atom stereocenters. The second-order valence-corrected chi connectivity index (χ2v) is 14.2. The lowest BCUT2D eigenvalue weighted by molar-refractivity contribution is 0.557. The summed E-state index contributed by atoms with van der Waals surface area (Å²) in [6, 6.07) is 8.07. The van der Waals surface area contributed by atoms with Crippen LogP contribution in [0.15, 0.2) is 36.7 Å². The van der Waals surface area contributed by atoms with Crippen molar-refractivity contribution in [3.8, 4) is 0 Å². The molecule has 0 aliphatic carbocycles. The van der Waals surface area contributed by atoms with Crippen LogP contribution in [-0.2, 0) is 4.12 Å². The fraction of sp³-hybridized carbons (Fsp3) is 0.375. The molecule has 0 bridgehead atoms. The van der Waals surface area contributed by atoms with Crippen LogP contribution < -0.4 is 9.96 Å². The summed E-state index contributed by atoms with van der Waals surface area (Å²) < 4.78 is 6.49. The van der Waals surface area contributed by atoms with Gasteiger partial charge in [0.2, 0.25) is 0 Å². The minimum atomic E-state index is -2.11. The number of hydrogen-bond acceptors (Lipinski definition) is 5. The first-order valence-electron chi connectivity index (χ1n) is 7.77. The molecule has 0 unspecified atom stereocenters.